The van der Waals surface area contributed by atoms with E-state index in [1.807, 2.05) is 47.9 Å². The lowest BCUT2D eigenvalue weighted by molar-refractivity contribution is -0.114. The fraction of sp³-hybridized carbons (Fsp3) is 0.185. The Morgan fingerprint density at radius 3 is 2.31 bits per heavy atom. The molecule has 0 spiro atoms. The molecule has 0 saturated heterocycles. The number of nitrogens with zero attached hydrogens (tertiary/aromatic N) is 2. The number of carbonyl (C=O) groups excluding carboxylic acids is 3. The highest BCUT2D eigenvalue weighted by Gasteiger charge is 2.13. The highest BCUT2D eigenvalue weighted by molar-refractivity contribution is 7.16. The summed E-state index contributed by atoms with van der Waals surface area (Å²) >= 11 is 1.37. The molecule has 3 aromatic carbocycles. The van der Waals surface area contributed by atoms with Crippen LogP contribution in [0, 0.1) is 0 Å². The number of benzene rings is 3. The van der Waals surface area contributed by atoms with Crippen LogP contribution in [0.25, 0.3) is 10.2 Å². The number of rotatable bonds is 8. The van der Waals surface area contributed by atoms with Crippen LogP contribution in [0.4, 0.5) is 5.69 Å². The number of thiazole rings is 1. The normalized spacial score (nSPS) is 11.5. The molecular weight excluding hydrogens is 462 g/mol. The van der Waals surface area contributed by atoms with Gasteiger partial charge in [0.1, 0.15) is 0 Å². The van der Waals surface area contributed by atoms with Crippen molar-refractivity contribution in [3.05, 3.63) is 94.3 Å². The number of fused-ring (bicyclic) bond motifs is 1. The zero-order valence-electron chi connectivity index (χ0n) is 19.5. The molecule has 4 rings (SSSR count). The monoisotopic (exact) mass is 487 g/mol. The fourth-order valence-corrected chi connectivity index (χ4v) is 4.72. The summed E-state index contributed by atoms with van der Waals surface area (Å²) < 4.78 is 8.35. The van der Waals surface area contributed by atoms with Gasteiger partial charge in [-0.2, -0.15) is 4.99 Å². The molecule has 0 aliphatic rings. The zero-order chi connectivity index (χ0) is 24.8. The molecule has 0 aliphatic heterocycles. The Morgan fingerprint density at radius 2 is 1.63 bits per heavy atom. The molecule has 1 heterocycles. The van der Waals surface area contributed by atoms with Crippen molar-refractivity contribution in [2.24, 2.45) is 4.99 Å². The fourth-order valence-electron chi connectivity index (χ4n) is 3.63. The van der Waals surface area contributed by atoms with Crippen molar-refractivity contribution in [2.45, 2.75) is 20.4 Å². The van der Waals surface area contributed by atoms with Crippen LogP contribution in [-0.2, 0) is 16.1 Å². The molecule has 35 heavy (non-hydrogen) atoms. The Labute approximate surface area is 206 Å². The third-order valence-corrected chi connectivity index (χ3v) is 6.33. The molecule has 178 valence electrons. The first-order valence-electron chi connectivity index (χ1n) is 11.2. The molecule has 0 bridgehead atoms. The average Bonchev–Trinajstić information content (AvgIpc) is 3.20. The maximum atomic E-state index is 13.0. The minimum Gasteiger partial charge on any atom is -0.380 e. The Hall–Kier alpha value is -3.88. The van der Waals surface area contributed by atoms with Gasteiger partial charge < -0.3 is 14.6 Å². The average molecular weight is 488 g/mol. The maximum absolute atomic E-state index is 13.0. The lowest BCUT2D eigenvalue weighted by Crippen LogP contribution is -2.19. The number of ether oxygens (including phenoxy) is 1. The first-order chi connectivity index (χ1) is 17.0. The summed E-state index contributed by atoms with van der Waals surface area (Å²) in [5.41, 5.74) is 3.07. The predicted molar refractivity (Wildman–Crippen MR) is 137 cm³/mol. The van der Waals surface area contributed by atoms with Crippen molar-refractivity contribution in [1.82, 2.24) is 4.57 Å². The first-order valence-corrected chi connectivity index (χ1v) is 12.1. The van der Waals surface area contributed by atoms with Crippen molar-refractivity contribution >= 4 is 44.8 Å². The second-order valence-corrected chi connectivity index (χ2v) is 8.80. The standard InChI is InChI=1S/C27H25N3O4S/c1-3-34-16-15-30-23-14-13-22(28-18(2)31)17-24(23)35-27(30)29-26(33)21-11-9-20(10-12-21)25(32)19-7-5-4-6-8-19/h4-14,17H,3,15-16H2,1-2H3,(H,28,31). The first kappa shape index (κ1) is 24.3. The number of hydrogen-bond acceptors (Lipinski definition) is 5. The van der Waals surface area contributed by atoms with Gasteiger partial charge in [-0.1, -0.05) is 53.8 Å². The van der Waals surface area contributed by atoms with Gasteiger partial charge in [-0.15, -0.1) is 0 Å². The second-order valence-electron chi connectivity index (χ2n) is 7.79. The van der Waals surface area contributed by atoms with Gasteiger partial charge in [-0.3, -0.25) is 14.4 Å². The number of anilines is 1. The van der Waals surface area contributed by atoms with E-state index in [0.717, 1.165) is 10.2 Å². The van der Waals surface area contributed by atoms with Crippen molar-refractivity contribution < 1.29 is 19.1 Å². The molecule has 1 N–H and O–H groups in total. The van der Waals surface area contributed by atoms with Gasteiger partial charge in [-0.25, -0.2) is 0 Å². The summed E-state index contributed by atoms with van der Waals surface area (Å²) in [6.45, 7) is 4.99. The van der Waals surface area contributed by atoms with Crippen LogP contribution >= 0.6 is 11.3 Å². The number of hydrogen-bond donors (Lipinski definition) is 1. The molecule has 0 fully saturated rings. The molecule has 0 saturated carbocycles. The van der Waals surface area contributed by atoms with Gasteiger partial charge in [0, 0.05) is 42.5 Å². The van der Waals surface area contributed by atoms with Crippen LogP contribution in [0.2, 0.25) is 0 Å². The summed E-state index contributed by atoms with van der Waals surface area (Å²) in [6, 6.07) is 21.1. The predicted octanol–water partition coefficient (Wildman–Crippen LogP) is 4.67. The van der Waals surface area contributed by atoms with E-state index in [1.165, 1.54) is 18.3 Å². The molecule has 2 amide bonds. The summed E-state index contributed by atoms with van der Waals surface area (Å²) in [5.74, 6) is -0.656. The molecule has 8 heteroatoms. The summed E-state index contributed by atoms with van der Waals surface area (Å²) in [7, 11) is 0. The SMILES string of the molecule is CCOCCn1c(=NC(=O)c2ccc(C(=O)c3ccccc3)cc2)sc2cc(NC(C)=O)ccc21. The quantitative estimate of drug-likeness (QED) is 0.289. The number of carbonyl (C=O) groups is 3. The highest BCUT2D eigenvalue weighted by Crippen LogP contribution is 2.22. The molecule has 0 unspecified atom stereocenters. The minimum atomic E-state index is -0.400. The van der Waals surface area contributed by atoms with E-state index in [0.29, 0.717) is 46.9 Å². The number of nitrogens with one attached hydrogen (secondary N) is 1. The summed E-state index contributed by atoms with van der Waals surface area (Å²) in [4.78, 5) is 42.0. The van der Waals surface area contributed by atoms with E-state index in [9.17, 15) is 14.4 Å². The van der Waals surface area contributed by atoms with Crippen molar-refractivity contribution in [3.63, 3.8) is 0 Å². The van der Waals surface area contributed by atoms with E-state index in [2.05, 4.69) is 10.3 Å². The van der Waals surface area contributed by atoms with Crippen molar-refractivity contribution in [1.29, 1.82) is 0 Å². The molecule has 0 radical (unpaired) electrons. The number of aromatic nitrogens is 1. The van der Waals surface area contributed by atoms with Crippen molar-refractivity contribution in [2.75, 3.05) is 18.5 Å². The van der Waals surface area contributed by atoms with Crippen LogP contribution in [-0.4, -0.2) is 35.4 Å². The van der Waals surface area contributed by atoms with Gasteiger partial charge in [-0.05, 0) is 37.3 Å². The van der Waals surface area contributed by atoms with Crippen molar-refractivity contribution in [3.8, 4) is 0 Å². The van der Waals surface area contributed by atoms with E-state index in [1.54, 1.807) is 36.4 Å². The van der Waals surface area contributed by atoms with E-state index in [-0.39, 0.29) is 11.7 Å². The van der Waals surface area contributed by atoms with E-state index in [4.69, 9.17) is 4.74 Å². The topological polar surface area (TPSA) is 89.8 Å². The van der Waals surface area contributed by atoms with Crippen LogP contribution in [0.3, 0.4) is 0 Å². The highest BCUT2D eigenvalue weighted by atomic mass is 32.1. The summed E-state index contributed by atoms with van der Waals surface area (Å²) in [5, 5.41) is 2.78. The molecule has 0 aliphatic carbocycles. The zero-order valence-corrected chi connectivity index (χ0v) is 20.3. The minimum absolute atomic E-state index is 0.102. The molecule has 4 aromatic rings. The third-order valence-electron chi connectivity index (χ3n) is 5.29. The Kier molecular flexibility index (Phi) is 7.64. The van der Waals surface area contributed by atoms with Gasteiger partial charge in [0.25, 0.3) is 5.91 Å². The van der Waals surface area contributed by atoms with Crippen LogP contribution in [0.1, 0.15) is 40.1 Å². The van der Waals surface area contributed by atoms with Gasteiger partial charge in [0.05, 0.1) is 16.8 Å². The van der Waals surface area contributed by atoms with Gasteiger partial charge in [0.15, 0.2) is 10.6 Å². The Balaban J connectivity index is 1.65. The van der Waals surface area contributed by atoms with E-state index < -0.39 is 5.91 Å². The van der Waals surface area contributed by atoms with Crippen LogP contribution < -0.4 is 10.1 Å². The Morgan fingerprint density at radius 1 is 0.943 bits per heavy atom. The molecule has 7 nitrogen and oxygen atoms in total. The number of ketones is 1. The lowest BCUT2D eigenvalue weighted by Gasteiger charge is -2.06. The maximum Gasteiger partial charge on any atom is 0.279 e. The Bertz CT molecular complexity index is 1440. The molecule has 1 aromatic heterocycles. The van der Waals surface area contributed by atoms with Gasteiger partial charge >= 0.3 is 0 Å². The van der Waals surface area contributed by atoms with E-state index >= 15 is 0 Å². The lowest BCUT2D eigenvalue weighted by atomic mass is 10.0. The molecule has 0 atom stereocenters. The second kappa shape index (κ2) is 11.0. The smallest absolute Gasteiger partial charge is 0.279 e. The molecular formula is C27H25N3O4S. The third kappa shape index (κ3) is 5.79. The van der Waals surface area contributed by atoms with Crippen LogP contribution in [0.5, 0.6) is 0 Å². The van der Waals surface area contributed by atoms with Gasteiger partial charge in [0.2, 0.25) is 5.91 Å². The largest absolute Gasteiger partial charge is 0.380 e. The summed E-state index contributed by atoms with van der Waals surface area (Å²) in [6.07, 6.45) is 0. The number of amides is 2. The van der Waals surface area contributed by atoms with Crippen LogP contribution in [0.15, 0.2) is 77.8 Å².